The zero-order valence-corrected chi connectivity index (χ0v) is 27.2. The predicted molar refractivity (Wildman–Crippen MR) is 175 cm³/mol. The molecule has 0 N–H and O–H groups in total. The molecule has 41 heavy (non-hydrogen) atoms. The molecular formula is C31H21Br2Cl2FN2O2S. The van der Waals surface area contributed by atoms with Crippen LogP contribution in [0.15, 0.2) is 91.6 Å². The predicted octanol–water partition coefficient (Wildman–Crippen LogP) is 10.7. The first-order valence-electron chi connectivity index (χ1n) is 12.3. The highest BCUT2D eigenvalue weighted by atomic mass is 79.9. The van der Waals surface area contributed by atoms with E-state index in [0.29, 0.717) is 52.8 Å². The average Bonchev–Trinajstić information content (AvgIpc) is 3.21. The van der Waals surface area contributed by atoms with Crippen LogP contribution in [0.2, 0.25) is 10.0 Å². The number of nitrogens with zero attached hydrogens (tertiary/aromatic N) is 2. The van der Waals surface area contributed by atoms with E-state index >= 15 is 0 Å². The molecule has 0 spiro atoms. The van der Waals surface area contributed by atoms with E-state index in [1.54, 1.807) is 30.3 Å². The fourth-order valence-corrected chi connectivity index (χ4v) is 6.74. The fourth-order valence-electron chi connectivity index (χ4n) is 4.02. The number of amidine groups is 1. The van der Waals surface area contributed by atoms with Crippen LogP contribution in [0.3, 0.4) is 0 Å². The van der Waals surface area contributed by atoms with Crippen molar-refractivity contribution < 1.29 is 13.9 Å². The lowest BCUT2D eigenvalue weighted by Gasteiger charge is -2.17. The number of carbonyl (C=O) groups is 1. The first kappa shape index (κ1) is 29.9. The molecule has 4 nitrogen and oxygen atoms in total. The van der Waals surface area contributed by atoms with E-state index in [2.05, 4.69) is 31.9 Å². The second-order valence-corrected chi connectivity index (χ2v) is 12.8. The summed E-state index contributed by atoms with van der Waals surface area (Å²) in [4.78, 5) is 20.7. The fraction of sp³-hybridized carbons (Fsp3) is 0.0968. The minimum Gasteiger partial charge on any atom is -0.487 e. The van der Waals surface area contributed by atoms with Crippen LogP contribution < -0.4 is 9.64 Å². The number of anilines is 1. The van der Waals surface area contributed by atoms with E-state index in [4.69, 9.17) is 32.9 Å². The van der Waals surface area contributed by atoms with Gasteiger partial charge in [-0.1, -0.05) is 63.4 Å². The van der Waals surface area contributed by atoms with Gasteiger partial charge in [-0.3, -0.25) is 9.69 Å². The van der Waals surface area contributed by atoms with E-state index in [0.717, 1.165) is 15.6 Å². The zero-order valence-electron chi connectivity index (χ0n) is 21.7. The third-order valence-electron chi connectivity index (χ3n) is 6.20. The van der Waals surface area contributed by atoms with Gasteiger partial charge in [0.25, 0.3) is 5.91 Å². The summed E-state index contributed by atoms with van der Waals surface area (Å²) in [5.41, 5.74) is 4.37. The Bertz CT molecular complexity index is 1750. The molecule has 1 aliphatic heterocycles. The molecule has 1 heterocycles. The number of aliphatic imine (C=N–C) groups is 1. The van der Waals surface area contributed by atoms with Crippen molar-refractivity contribution >= 4 is 95.3 Å². The Morgan fingerprint density at radius 2 is 1.71 bits per heavy atom. The van der Waals surface area contributed by atoms with Gasteiger partial charge in [0, 0.05) is 20.1 Å². The standard InChI is InChI=1S/C31H21Br2Cl2FN2O2S/c1-17-6-8-23(14-26(17)34)37-31-38(24-9-7-18(2)27(35)15-24)30(39)28(41-31)12-20-11-21(32)13-25(33)29(20)40-16-19-4-3-5-22(36)10-19/h3-15H,16H2,1-2H3/b28-12+,37-31?. The number of ether oxygens (including phenoxy) is 1. The number of thioether (sulfide) groups is 1. The Labute approximate surface area is 268 Å². The van der Waals surface area contributed by atoms with Crippen molar-refractivity contribution in [3.05, 3.63) is 125 Å². The van der Waals surface area contributed by atoms with Gasteiger partial charge in [-0.25, -0.2) is 9.38 Å². The Hall–Kier alpha value is -2.62. The van der Waals surface area contributed by atoms with Crippen LogP contribution in [0, 0.1) is 19.7 Å². The van der Waals surface area contributed by atoms with E-state index in [1.165, 1.54) is 28.8 Å². The highest BCUT2D eigenvalue weighted by Crippen LogP contribution is 2.41. The average molecular weight is 735 g/mol. The summed E-state index contributed by atoms with van der Waals surface area (Å²) in [6, 6.07) is 20.9. The molecule has 208 valence electrons. The van der Waals surface area contributed by atoms with Crippen LogP contribution in [-0.4, -0.2) is 11.1 Å². The van der Waals surface area contributed by atoms with E-state index in [-0.39, 0.29) is 18.3 Å². The first-order valence-corrected chi connectivity index (χ1v) is 15.5. The Kier molecular flexibility index (Phi) is 9.26. The molecule has 5 rings (SSSR count). The van der Waals surface area contributed by atoms with Crippen LogP contribution >= 0.6 is 66.8 Å². The highest BCUT2D eigenvalue weighted by molar-refractivity contribution is 9.11. The maximum Gasteiger partial charge on any atom is 0.271 e. The van der Waals surface area contributed by atoms with Crippen molar-refractivity contribution in [1.82, 2.24) is 0 Å². The SMILES string of the molecule is Cc1ccc(N=C2S/C(=C/c3cc(Br)cc(Br)c3OCc3cccc(F)c3)C(=O)N2c2ccc(C)c(Cl)c2)cc1Cl. The number of rotatable bonds is 6. The summed E-state index contributed by atoms with van der Waals surface area (Å²) in [6.07, 6.45) is 1.76. The third-order valence-corrected chi connectivity index (χ3v) is 9.03. The summed E-state index contributed by atoms with van der Waals surface area (Å²) in [6.45, 7) is 3.96. The molecule has 1 aliphatic rings. The van der Waals surface area contributed by atoms with Gasteiger partial charge in [0.05, 0.1) is 20.8 Å². The van der Waals surface area contributed by atoms with Gasteiger partial charge >= 0.3 is 0 Å². The van der Waals surface area contributed by atoms with Gasteiger partial charge in [-0.15, -0.1) is 0 Å². The van der Waals surface area contributed by atoms with Crippen molar-refractivity contribution in [2.45, 2.75) is 20.5 Å². The molecule has 0 bridgehead atoms. The van der Waals surface area contributed by atoms with Gasteiger partial charge < -0.3 is 4.74 Å². The monoisotopic (exact) mass is 732 g/mol. The molecule has 0 atom stereocenters. The van der Waals surface area contributed by atoms with Crippen molar-refractivity contribution in [3.63, 3.8) is 0 Å². The normalized spacial score (nSPS) is 15.3. The second kappa shape index (κ2) is 12.7. The molecule has 0 aliphatic carbocycles. The number of carbonyl (C=O) groups excluding carboxylic acids is 1. The van der Waals surface area contributed by atoms with E-state index < -0.39 is 0 Å². The minimum atomic E-state index is -0.339. The number of halogens is 5. The molecule has 10 heteroatoms. The Morgan fingerprint density at radius 1 is 0.976 bits per heavy atom. The summed E-state index contributed by atoms with van der Waals surface area (Å²) < 4.78 is 21.3. The Balaban J connectivity index is 1.56. The van der Waals surface area contributed by atoms with Gasteiger partial charge in [-0.05, 0) is 113 Å². The number of amides is 1. The van der Waals surface area contributed by atoms with Crippen molar-refractivity contribution in [1.29, 1.82) is 0 Å². The van der Waals surface area contributed by atoms with Gasteiger partial charge in [0.2, 0.25) is 0 Å². The third kappa shape index (κ3) is 6.89. The lowest BCUT2D eigenvalue weighted by molar-refractivity contribution is -0.113. The van der Waals surface area contributed by atoms with Gasteiger partial charge in [0.15, 0.2) is 5.17 Å². The van der Waals surface area contributed by atoms with Crippen LogP contribution in [0.1, 0.15) is 22.3 Å². The van der Waals surface area contributed by atoms with Crippen LogP contribution in [-0.2, 0) is 11.4 Å². The largest absolute Gasteiger partial charge is 0.487 e. The summed E-state index contributed by atoms with van der Waals surface area (Å²) in [7, 11) is 0. The molecule has 0 saturated carbocycles. The Morgan fingerprint density at radius 3 is 2.41 bits per heavy atom. The lowest BCUT2D eigenvalue weighted by Crippen LogP contribution is -2.28. The van der Waals surface area contributed by atoms with Gasteiger partial charge in [0.1, 0.15) is 18.2 Å². The summed E-state index contributed by atoms with van der Waals surface area (Å²) in [5.74, 6) is -0.0905. The number of hydrogen-bond donors (Lipinski definition) is 0. The maximum atomic E-state index is 13.9. The van der Waals surface area contributed by atoms with Crippen LogP contribution in [0.25, 0.3) is 6.08 Å². The molecule has 1 saturated heterocycles. The molecule has 4 aromatic carbocycles. The van der Waals surface area contributed by atoms with Crippen LogP contribution in [0.4, 0.5) is 15.8 Å². The summed E-state index contributed by atoms with van der Waals surface area (Å²) >= 11 is 21.1. The number of benzene rings is 4. The summed E-state index contributed by atoms with van der Waals surface area (Å²) in [5, 5.41) is 1.58. The van der Waals surface area contributed by atoms with E-state index in [9.17, 15) is 9.18 Å². The quantitative estimate of drug-likeness (QED) is 0.185. The first-order chi connectivity index (χ1) is 19.6. The highest BCUT2D eigenvalue weighted by Gasteiger charge is 2.35. The molecular weight excluding hydrogens is 714 g/mol. The van der Waals surface area contributed by atoms with Crippen molar-refractivity contribution in [3.8, 4) is 5.75 Å². The van der Waals surface area contributed by atoms with Crippen LogP contribution in [0.5, 0.6) is 5.75 Å². The minimum absolute atomic E-state index is 0.143. The molecule has 1 fully saturated rings. The maximum absolute atomic E-state index is 13.9. The molecule has 0 unspecified atom stereocenters. The molecule has 4 aromatic rings. The smallest absolute Gasteiger partial charge is 0.271 e. The van der Waals surface area contributed by atoms with Crippen molar-refractivity contribution in [2.24, 2.45) is 4.99 Å². The lowest BCUT2D eigenvalue weighted by atomic mass is 10.1. The zero-order chi connectivity index (χ0) is 29.3. The van der Waals surface area contributed by atoms with Gasteiger partial charge in [-0.2, -0.15) is 0 Å². The number of aryl methyl sites for hydroxylation is 2. The van der Waals surface area contributed by atoms with Crippen molar-refractivity contribution in [2.75, 3.05) is 4.90 Å². The second-order valence-electron chi connectivity index (χ2n) is 9.24. The van der Waals surface area contributed by atoms with E-state index in [1.807, 2.05) is 50.2 Å². The topological polar surface area (TPSA) is 41.9 Å². The molecule has 1 amide bonds. The molecule has 0 aromatic heterocycles. The molecule has 0 radical (unpaired) electrons. The number of hydrogen-bond acceptors (Lipinski definition) is 4.